The maximum Gasteiger partial charge on any atom is 0.265 e. The first-order chi connectivity index (χ1) is 13.5. The molecule has 2 aromatic carbocycles. The molecular formula is C21H18N4O2S. The first-order valence-corrected chi connectivity index (χ1v) is 9.56. The molecule has 0 saturated heterocycles. The smallest absolute Gasteiger partial charge is 0.265 e. The van der Waals surface area contributed by atoms with Gasteiger partial charge >= 0.3 is 0 Å². The van der Waals surface area contributed by atoms with Gasteiger partial charge in [0.1, 0.15) is 4.83 Å². The van der Waals surface area contributed by atoms with E-state index in [2.05, 4.69) is 15.7 Å². The highest BCUT2D eigenvalue weighted by atomic mass is 32.1. The molecule has 0 spiro atoms. The lowest BCUT2D eigenvalue weighted by molar-refractivity contribution is -0.114. The molecule has 4 aromatic rings. The number of para-hydroxylation sites is 1. The number of benzene rings is 2. The van der Waals surface area contributed by atoms with E-state index in [1.165, 1.54) is 18.3 Å². The fraction of sp³-hybridized carbons (Fsp3) is 0.0952. The highest BCUT2D eigenvalue weighted by Crippen LogP contribution is 2.31. The summed E-state index contributed by atoms with van der Waals surface area (Å²) in [6, 6.07) is 18.8. The van der Waals surface area contributed by atoms with Crippen molar-refractivity contribution in [1.82, 2.24) is 9.78 Å². The fourth-order valence-electron chi connectivity index (χ4n) is 2.97. The van der Waals surface area contributed by atoms with Crippen LogP contribution in [-0.2, 0) is 4.79 Å². The van der Waals surface area contributed by atoms with E-state index in [-0.39, 0.29) is 11.8 Å². The number of aromatic nitrogens is 2. The Bertz CT molecular complexity index is 1180. The maximum atomic E-state index is 12.8. The van der Waals surface area contributed by atoms with Crippen molar-refractivity contribution in [3.63, 3.8) is 0 Å². The first-order valence-electron chi connectivity index (χ1n) is 8.75. The minimum Gasteiger partial charge on any atom is -0.326 e. The molecule has 28 heavy (non-hydrogen) atoms. The van der Waals surface area contributed by atoms with Gasteiger partial charge in [0.15, 0.2) is 0 Å². The molecule has 0 bridgehead atoms. The second kappa shape index (κ2) is 7.28. The van der Waals surface area contributed by atoms with Crippen LogP contribution < -0.4 is 10.6 Å². The molecule has 0 fully saturated rings. The van der Waals surface area contributed by atoms with Crippen molar-refractivity contribution in [2.45, 2.75) is 13.8 Å². The van der Waals surface area contributed by atoms with E-state index in [0.29, 0.717) is 16.3 Å². The van der Waals surface area contributed by atoms with Crippen molar-refractivity contribution in [2.24, 2.45) is 0 Å². The Labute approximate surface area is 165 Å². The van der Waals surface area contributed by atoms with Crippen LogP contribution in [0.5, 0.6) is 0 Å². The quantitative estimate of drug-likeness (QED) is 0.534. The Morgan fingerprint density at radius 3 is 2.39 bits per heavy atom. The normalized spacial score (nSPS) is 10.8. The minimum absolute atomic E-state index is 0.158. The summed E-state index contributed by atoms with van der Waals surface area (Å²) in [4.78, 5) is 25.5. The van der Waals surface area contributed by atoms with Crippen LogP contribution in [0.15, 0.2) is 60.7 Å². The average Bonchev–Trinajstić information content (AvgIpc) is 3.23. The number of rotatable bonds is 4. The number of hydrogen-bond donors (Lipinski definition) is 2. The van der Waals surface area contributed by atoms with E-state index in [9.17, 15) is 9.59 Å². The lowest BCUT2D eigenvalue weighted by atomic mass is 10.2. The third-order valence-electron chi connectivity index (χ3n) is 4.21. The van der Waals surface area contributed by atoms with Crippen molar-refractivity contribution in [3.05, 3.63) is 71.2 Å². The van der Waals surface area contributed by atoms with E-state index in [0.717, 1.165) is 21.6 Å². The number of hydrogen-bond acceptors (Lipinski definition) is 4. The second-order valence-corrected chi connectivity index (χ2v) is 7.41. The van der Waals surface area contributed by atoms with Gasteiger partial charge in [-0.25, -0.2) is 4.68 Å². The number of amides is 2. The van der Waals surface area contributed by atoms with Gasteiger partial charge in [-0.3, -0.25) is 9.59 Å². The summed E-state index contributed by atoms with van der Waals surface area (Å²) in [5, 5.41) is 11.2. The van der Waals surface area contributed by atoms with Crippen molar-refractivity contribution >= 4 is 44.7 Å². The summed E-state index contributed by atoms with van der Waals surface area (Å²) in [5.74, 6) is -0.353. The molecule has 0 aliphatic heterocycles. The van der Waals surface area contributed by atoms with Crippen molar-refractivity contribution in [2.75, 3.05) is 10.6 Å². The van der Waals surface area contributed by atoms with Gasteiger partial charge in [-0.2, -0.15) is 5.10 Å². The maximum absolute atomic E-state index is 12.8. The number of anilines is 2. The highest BCUT2D eigenvalue weighted by Gasteiger charge is 2.17. The summed E-state index contributed by atoms with van der Waals surface area (Å²) < 4.78 is 1.86. The molecular weight excluding hydrogens is 372 g/mol. The lowest BCUT2D eigenvalue weighted by Gasteiger charge is -2.07. The van der Waals surface area contributed by atoms with Crippen LogP contribution in [0.3, 0.4) is 0 Å². The van der Waals surface area contributed by atoms with E-state index < -0.39 is 0 Å². The molecule has 2 N–H and O–H groups in total. The molecule has 7 heteroatoms. The van der Waals surface area contributed by atoms with Crippen molar-refractivity contribution in [3.8, 4) is 5.69 Å². The molecule has 0 atom stereocenters. The average molecular weight is 390 g/mol. The Morgan fingerprint density at radius 2 is 1.68 bits per heavy atom. The molecule has 0 saturated carbocycles. The third kappa shape index (κ3) is 3.52. The van der Waals surface area contributed by atoms with Gasteiger partial charge in [-0.1, -0.05) is 24.3 Å². The van der Waals surface area contributed by atoms with Gasteiger partial charge in [-0.05, 0) is 43.3 Å². The van der Waals surface area contributed by atoms with E-state index in [1.54, 1.807) is 24.3 Å². The van der Waals surface area contributed by atoms with E-state index >= 15 is 0 Å². The predicted octanol–water partition coefficient (Wildman–Crippen LogP) is 4.61. The van der Waals surface area contributed by atoms with Gasteiger partial charge in [-0.15, -0.1) is 11.3 Å². The molecule has 0 unspecified atom stereocenters. The number of aryl methyl sites for hydroxylation is 1. The summed E-state index contributed by atoms with van der Waals surface area (Å²) >= 11 is 1.40. The number of carbonyl (C=O) groups excluding carboxylic acids is 2. The number of thiophene rings is 1. The third-order valence-corrected chi connectivity index (χ3v) is 5.32. The molecule has 2 heterocycles. The van der Waals surface area contributed by atoms with Crippen LogP contribution in [0.25, 0.3) is 15.9 Å². The molecule has 0 radical (unpaired) electrons. The molecule has 0 aliphatic carbocycles. The van der Waals surface area contributed by atoms with Crippen LogP contribution in [0.4, 0.5) is 11.4 Å². The fourth-order valence-corrected chi connectivity index (χ4v) is 4.05. The van der Waals surface area contributed by atoms with Crippen molar-refractivity contribution in [1.29, 1.82) is 0 Å². The Balaban J connectivity index is 1.63. The van der Waals surface area contributed by atoms with Gasteiger partial charge in [0.25, 0.3) is 5.91 Å². The zero-order chi connectivity index (χ0) is 19.7. The van der Waals surface area contributed by atoms with Gasteiger partial charge in [0.2, 0.25) is 5.91 Å². The lowest BCUT2D eigenvalue weighted by Crippen LogP contribution is -2.11. The van der Waals surface area contributed by atoms with Crippen molar-refractivity contribution < 1.29 is 9.59 Å². The molecule has 4 rings (SSSR count). The van der Waals surface area contributed by atoms with Gasteiger partial charge in [0.05, 0.1) is 16.3 Å². The van der Waals surface area contributed by atoms with Gasteiger partial charge in [0, 0.05) is 23.7 Å². The van der Waals surface area contributed by atoms with Crippen LogP contribution in [0.1, 0.15) is 22.3 Å². The van der Waals surface area contributed by atoms with Crippen LogP contribution >= 0.6 is 11.3 Å². The van der Waals surface area contributed by atoms with Crippen LogP contribution in [0.2, 0.25) is 0 Å². The highest BCUT2D eigenvalue weighted by molar-refractivity contribution is 7.20. The number of carbonyl (C=O) groups is 2. The Hall–Kier alpha value is -3.45. The van der Waals surface area contributed by atoms with E-state index in [4.69, 9.17) is 0 Å². The predicted molar refractivity (Wildman–Crippen MR) is 112 cm³/mol. The van der Waals surface area contributed by atoms with Gasteiger partial charge < -0.3 is 10.6 Å². The first kappa shape index (κ1) is 17.9. The summed E-state index contributed by atoms with van der Waals surface area (Å²) in [6.45, 7) is 3.38. The van der Waals surface area contributed by atoms with Crippen LogP contribution in [0, 0.1) is 6.92 Å². The van der Waals surface area contributed by atoms with E-state index in [1.807, 2.05) is 48.0 Å². The molecule has 140 valence electrons. The largest absolute Gasteiger partial charge is 0.326 e. The molecule has 6 nitrogen and oxygen atoms in total. The number of nitrogens with one attached hydrogen (secondary N) is 2. The number of nitrogens with zero attached hydrogens (tertiary/aromatic N) is 2. The zero-order valence-corrected chi connectivity index (χ0v) is 16.2. The Kier molecular flexibility index (Phi) is 4.67. The van der Waals surface area contributed by atoms with Crippen LogP contribution in [-0.4, -0.2) is 21.6 Å². The Morgan fingerprint density at radius 1 is 0.964 bits per heavy atom. The topological polar surface area (TPSA) is 76.0 Å². The SMILES string of the molecule is CC(=O)Nc1cccc(NC(=O)c2cc3c(C)nn(-c4ccccc4)c3s2)c1. The summed E-state index contributed by atoms with van der Waals surface area (Å²) in [5.41, 5.74) is 3.09. The monoisotopic (exact) mass is 390 g/mol. The molecule has 2 amide bonds. The summed E-state index contributed by atoms with van der Waals surface area (Å²) in [6.07, 6.45) is 0. The molecule has 2 aromatic heterocycles. The second-order valence-electron chi connectivity index (χ2n) is 6.38. The standard InChI is InChI=1S/C21H18N4O2S/c1-13-18-12-19(28-21(18)25(24-13)17-9-4-3-5-10-17)20(27)23-16-8-6-7-15(11-16)22-14(2)26/h3-12H,1-2H3,(H,22,26)(H,23,27). The number of fused-ring (bicyclic) bond motifs is 1. The summed E-state index contributed by atoms with van der Waals surface area (Å²) in [7, 11) is 0. The minimum atomic E-state index is -0.194. The zero-order valence-electron chi connectivity index (χ0n) is 15.4. The molecule has 0 aliphatic rings.